The van der Waals surface area contributed by atoms with Crippen LogP contribution in [0.5, 0.6) is 0 Å². The molecule has 1 aromatic heterocycles. The zero-order chi connectivity index (χ0) is 31.6. The lowest BCUT2D eigenvalue weighted by Crippen LogP contribution is -2.49. The lowest BCUT2D eigenvalue weighted by atomic mass is 10.1. The molecule has 0 aromatic carbocycles. The molecule has 17 heteroatoms. The summed E-state index contributed by atoms with van der Waals surface area (Å²) in [5.74, 6) is -2.19. The van der Waals surface area contributed by atoms with Crippen LogP contribution in [0, 0.1) is 6.57 Å². The van der Waals surface area contributed by atoms with Crippen molar-refractivity contribution in [1.82, 2.24) is 19.5 Å². The van der Waals surface area contributed by atoms with E-state index in [9.17, 15) is 27.6 Å². The van der Waals surface area contributed by atoms with Crippen LogP contribution in [-0.2, 0) is 28.1 Å². The first-order valence-corrected chi connectivity index (χ1v) is 13.8. The van der Waals surface area contributed by atoms with Crippen LogP contribution in [0.15, 0.2) is 21.9 Å². The van der Waals surface area contributed by atoms with Gasteiger partial charge in [0, 0.05) is 32.8 Å². The molecule has 1 fully saturated rings. The van der Waals surface area contributed by atoms with Crippen molar-refractivity contribution in [3.05, 3.63) is 44.5 Å². The predicted octanol–water partition coefficient (Wildman–Crippen LogP) is 2.20. The van der Waals surface area contributed by atoms with Crippen LogP contribution >= 0.6 is 8.53 Å². The fourth-order valence-corrected chi connectivity index (χ4v) is 5.84. The number of aromatic amines is 1. The van der Waals surface area contributed by atoms with Gasteiger partial charge in [-0.3, -0.25) is 19.1 Å². The number of methoxy groups -OCH3 is 1. The Morgan fingerprint density at radius 1 is 1.29 bits per heavy atom. The summed E-state index contributed by atoms with van der Waals surface area (Å²) in [5, 5.41) is 1.81. The zero-order valence-corrected chi connectivity index (χ0v) is 24.3. The summed E-state index contributed by atoms with van der Waals surface area (Å²) in [7, 11) is -0.657. The molecule has 1 aromatic rings. The van der Waals surface area contributed by atoms with Gasteiger partial charge >= 0.3 is 17.8 Å². The summed E-state index contributed by atoms with van der Waals surface area (Å²) < 4.78 is 79.2. The number of rotatable bonds is 15. The quantitative estimate of drug-likeness (QED) is 0.174. The second-order valence-corrected chi connectivity index (χ2v) is 11.0. The van der Waals surface area contributed by atoms with Gasteiger partial charge in [0.15, 0.2) is 6.23 Å². The molecule has 1 saturated heterocycles. The molecule has 0 saturated carbocycles. The van der Waals surface area contributed by atoms with E-state index in [4.69, 9.17) is 31.2 Å². The maximum absolute atomic E-state index is 12.9. The van der Waals surface area contributed by atoms with E-state index < -0.39 is 69.0 Å². The van der Waals surface area contributed by atoms with Gasteiger partial charge in [0.05, 0.1) is 25.4 Å². The minimum absolute atomic E-state index is 0.0397. The van der Waals surface area contributed by atoms with Crippen molar-refractivity contribution < 1.29 is 42.6 Å². The van der Waals surface area contributed by atoms with Crippen LogP contribution in [0.25, 0.3) is 4.85 Å². The van der Waals surface area contributed by atoms with Crippen LogP contribution in [0.4, 0.5) is 13.2 Å². The van der Waals surface area contributed by atoms with Crippen molar-refractivity contribution in [2.24, 2.45) is 0 Å². The van der Waals surface area contributed by atoms with Crippen molar-refractivity contribution in [2.75, 3.05) is 33.5 Å². The molecule has 0 bridgehead atoms. The number of nitrogens with one attached hydrogen (secondary N) is 2. The van der Waals surface area contributed by atoms with Gasteiger partial charge in [-0.1, -0.05) is 0 Å². The first kappa shape index (κ1) is 33.1. The van der Waals surface area contributed by atoms with Gasteiger partial charge in [0.1, 0.15) is 18.8 Å². The van der Waals surface area contributed by atoms with E-state index >= 15 is 0 Å². The molecule has 3 unspecified atom stereocenters. The molecule has 0 radical (unpaired) electrons. The largest absolute Gasteiger partial charge is 0.471 e. The SMILES string of the molecule is [2H]C[C@H]1O[C@@H](n2ccc(=O)[nH]c2=O)[C@@H](OCC(COC)NC(=O)C(F)(F)F)C1OP(OCC[N+]#[C-])N(C(C)C)C(C)C. The number of nitrogens with zero attached hydrogens (tertiary/aromatic N) is 3. The molecule has 1 amide bonds. The summed E-state index contributed by atoms with van der Waals surface area (Å²) in [6.07, 6.45) is -8.57. The highest BCUT2D eigenvalue weighted by molar-refractivity contribution is 7.44. The van der Waals surface area contributed by atoms with E-state index in [0.717, 1.165) is 16.8 Å². The summed E-state index contributed by atoms with van der Waals surface area (Å²) >= 11 is 0. The number of aromatic nitrogens is 2. The normalized spacial score (nSPS) is 23.0. The molecule has 13 nitrogen and oxygen atoms in total. The molecule has 2 N–H and O–H groups in total. The van der Waals surface area contributed by atoms with Gasteiger partial charge in [-0.15, -0.1) is 0 Å². The fraction of sp³-hybridized carbons (Fsp3) is 0.750. The van der Waals surface area contributed by atoms with Crippen LogP contribution in [0.1, 0.15) is 42.2 Å². The van der Waals surface area contributed by atoms with Gasteiger partial charge in [-0.05, 0) is 34.6 Å². The molecule has 1 aliphatic rings. The van der Waals surface area contributed by atoms with Crippen molar-refractivity contribution in [1.29, 1.82) is 0 Å². The van der Waals surface area contributed by atoms with Gasteiger partial charge in [-0.25, -0.2) is 16.0 Å². The molecule has 1 aliphatic heterocycles. The maximum atomic E-state index is 12.9. The Labute approximate surface area is 238 Å². The van der Waals surface area contributed by atoms with Crippen molar-refractivity contribution in [2.45, 2.75) is 83.4 Å². The van der Waals surface area contributed by atoms with E-state index in [-0.39, 0.29) is 38.7 Å². The monoisotopic (exact) mass is 612 g/mol. The third-order valence-electron chi connectivity index (χ3n) is 5.72. The predicted molar refractivity (Wildman–Crippen MR) is 142 cm³/mol. The Kier molecular flexibility index (Phi) is 12.7. The van der Waals surface area contributed by atoms with E-state index in [2.05, 4.69) is 9.83 Å². The Morgan fingerprint density at radius 3 is 2.51 bits per heavy atom. The molecule has 41 heavy (non-hydrogen) atoms. The smallest absolute Gasteiger partial charge is 0.382 e. The van der Waals surface area contributed by atoms with E-state index in [1.165, 1.54) is 7.11 Å². The number of carbonyl (C=O) groups is 1. The molecular formula is C24H37F3N5O8P. The zero-order valence-electron chi connectivity index (χ0n) is 24.4. The second kappa shape index (κ2) is 15.7. The Morgan fingerprint density at radius 2 is 1.98 bits per heavy atom. The Balaban J connectivity index is 2.50. The van der Waals surface area contributed by atoms with Crippen LogP contribution in [0.2, 0.25) is 0 Å². The molecule has 0 aliphatic carbocycles. The molecule has 6 atom stereocenters. The average Bonchev–Trinajstić information content (AvgIpc) is 3.23. The highest BCUT2D eigenvalue weighted by atomic mass is 31.2. The highest BCUT2D eigenvalue weighted by Crippen LogP contribution is 2.50. The summed E-state index contributed by atoms with van der Waals surface area (Å²) in [6.45, 7) is 13.6. The molecule has 232 valence electrons. The van der Waals surface area contributed by atoms with Crippen LogP contribution in [0.3, 0.4) is 0 Å². The molecule has 2 rings (SSSR count). The number of ether oxygens (including phenoxy) is 3. The topological polar surface area (TPSA) is 138 Å². The van der Waals surface area contributed by atoms with Gasteiger partial charge < -0.3 is 33.4 Å². The molecule has 2 heterocycles. The van der Waals surface area contributed by atoms with E-state index in [1.54, 1.807) is 0 Å². The number of alkyl halides is 3. The first-order chi connectivity index (χ1) is 19.7. The lowest BCUT2D eigenvalue weighted by molar-refractivity contribution is -0.175. The number of amides is 1. The summed E-state index contributed by atoms with van der Waals surface area (Å²) in [6, 6.07) is -0.349. The third-order valence-corrected chi connectivity index (χ3v) is 7.85. The lowest BCUT2D eigenvalue weighted by Gasteiger charge is -2.38. The van der Waals surface area contributed by atoms with E-state index in [1.807, 2.05) is 37.7 Å². The Bertz CT molecular complexity index is 1160. The minimum Gasteiger partial charge on any atom is -0.382 e. The van der Waals surface area contributed by atoms with Crippen molar-refractivity contribution in [3.63, 3.8) is 0 Å². The standard InChI is InChI=1S/C24H37F3N5O8P/c1-14(2)32(15(3)4)41(38-11-9-28-6)40-19-16(5)39-21(31-10-8-18(33)30-23(31)35)20(19)37-13-17(12-36-7)29-22(34)24(25,26)27/h8,10,14-17,19-21H,9,11-13H2,1-5,7H3,(H,29,34)(H,30,33,35)/t16-,17?,19?,20+,21-,41?/m1/s1/i5D. The highest BCUT2D eigenvalue weighted by Gasteiger charge is 2.49. The minimum atomic E-state index is -5.15. The maximum Gasteiger partial charge on any atom is 0.471 e. The first-order valence-electron chi connectivity index (χ1n) is 13.4. The summed E-state index contributed by atoms with van der Waals surface area (Å²) in [4.78, 5) is 41.4. The van der Waals surface area contributed by atoms with Crippen molar-refractivity contribution >= 4 is 14.4 Å². The fourth-order valence-electron chi connectivity index (χ4n) is 4.09. The van der Waals surface area contributed by atoms with Crippen molar-refractivity contribution in [3.8, 4) is 0 Å². The van der Waals surface area contributed by atoms with Gasteiger partial charge in [0.25, 0.3) is 14.1 Å². The average molecular weight is 613 g/mol. The van der Waals surface area contributed by atoms with Gasteiger partial charge in [-0.2, -0.15) is 13.2 Å². The molecule has 0 spiro atoms. The Hall–Kier alpha value is -2.38. The van der Waals surface area contributed by atoms with Gasteiger partial charge in [0.2, 0.25) is 6.54 Å². The van der Waals surface area contributed by atoms with Crippen LogP contribution in [-0.4, -0.2) is 96.2 Å². The molecular weight excluding hydrogens is 574 g/mol. The number of halogens is 3. The second-order valence-electron chi connectivity index (χ2n) is 9.59. The number of H-pyrrole nitrogens is 1. The number of carbonyl (C=O) groups excluding carboxylic acids is 1. The number of hydrogen-bond acceptors (Lipinski definition) is 9. The third kappa shape index (κ3) is 9.85. The van der Waals surface area contributed by atoms with Crippen LogP contribution < -0.4 is 16.6 Å². The number of hydrogen-bond donors (Lipinski definition) is 2. The van der Waals surface area contributed by atoms with E-state index in [0.29, 0.717) is 0 Å². The summed E-state index contributed by atoms with van der Waals surface area (Å²) in [5.41, 5.74) is -1.53.